The first-order valence-electron chi connectivity index (χ1n) is 9.06. The van der Waals surface area contributed by atoms with Gasteiger partial charge in [0.2, 0.25) is 0 Å². The molecule has 1 fully saturated rings. The summed E-state index contributed by atoms with van der Waals surface area (Å²) in [4.78, 5) is 19.1. The number of carbonyl (C=O) groups excluding carboxylic acids is 1. The highest BCUT2D eigenvalue weighted by molar-refractivity contribution is 7.99. The molecule has 4 rings (SSSR count). The van der Waals surface area contributed by atoms with Gasteiger partial charge in [0.15, 0.2) is 0 Å². The van der Waals surface area contributed by atoms with Crippen LogP contribution in [0.15, 0.2) is 58.3 Å². The largest absolute Gasteiger partial charge is 0.361 e. The summed E-state index contributed by atoms with van der Waals surface area (Å²) in [6.07, 6.45) is 1.66. The molecule has 0 aromatic heterocycles. The minimum atomic E-state index is 0.295. The third-order valence-corrected chi connectivity index (χ3v) is 6.30. The molecule has 0 radical (unpaired) electrons. The molecule has 2 heterocycles. The standard InChI is InChI=1S/C21H24N2OS/c1-16(24)7-6-12-22-13-14-23-18-9-3-5-11-21(18)25-20-10-4-2-8-17(20)19(23)15-22/h2-5,8-11,19H,6-7,12-15H2,1H3. The molecule has 2 aliphatic rings. The Morgan fingerprint density at radius 1 is 1.08 bits per heavy atom. The summed E-state index contributed by atoms with van der Waals surface area (Å²) < 4.78 is 0. The van der Waals surface area contributed by atoms with Crippen molar-refractivity contribution in [1.82, 2.24) is 4.90 Å². The molecule has 1 saturated heterocycles. The van der Waals surface area contributed by atoms with Gasteiger partial charge in [-0.15, -0.1) is 0 Å². The first-order chi connectivity index (χ1) is 12.2. The molecule has 1 unspecified atom stereocenters. The Balaban J connectivity index is 1.62. The maximum atomic E-state index is 11.2. The predicted molar refractivity (Wildman–Crippen MR) is 103 cm³/mol. The quantitative estimate of drug-likeness (QED) is 0.814. The number of piperazine rings is 1. The summed E-state index contributed by atoms with van der Waals surface area (Å²) in [5, 5.41) is 0. The fraction of sp³-hybridized carbons (Fsp3) is 0.381. The molecule has 0 saturated carbocycles. The van der Waals surface area contributed by atoms with Crippen LogP contribution in [-0.4, -0.2) is 36.9 Å². The Morgan fingerprint density at radius 3 is 2.68 bits per heavy atom. The number of anilines is 1. The van der Waals surface area contributed by atoms with Crippen LogP contribution >= 0.6 is 11.8 Å². The van der Waals surface area contributed by atoms with Gasteiger partial charge >= 0.3 is 0 Å². The fourth-order valence-corrected chi connectivity index (χ4v) is 5.04. The van der Waals surface area contributed by atoms with Crippen molar-refractivity contribution in [1.29, 1.82) is 0 Å². The topological polar surface area (TPSA) is 23.6 Å². The number of Topliss-reactive ketones (excluding diaryl/α,β-unsaturated/α-hetero) is 1. The normalized spacial score (nSPS) is 19.6. The van der Waals surface area contributed by atoms with Crippen LogP contribution in [0.1, 0.15) is 31.4 Å². The van der Waals surface area contributed by atoms with Crippen molar-refractivity contribution in [3.05, 3.63) is 54.1 Å². The van der Waals surface area contributed by atoms with E-state index in [4.69, 9.17) is 0 Å². The van der Waals surface area contributed by atoms with E-state index in [0.29, 0.717) is 18.2 Å². The third kappa shape index (κ3) is 3.46. The van der Waals surface area contributed by atoms with Gasteiger partial charge in [-0.05, 0) is 43.7 Å². The number of hydrogen-bond acceptors (Lipinski definition) is 4. The van der Waals surface area contributed by atoms with E-state index >= 15 is 0 Å². The van der Waals surface area contributed by atoms with E-state index in [0.717, 1.165) is 32.6 Å². The second-order valence-corrected chi connectivity index (χ2v) is 8.01. The minimum absolute atomic E-state index is 0.295. The number of benzene rings is 2. The van der Waals surface area contributed by atoms with E-state index in [2.05, 4.69) is 58.3 Å². The number of carbonyl (C=O) groups is 1. The van der Waals surface area contributed by atoms with Crippen molar-refractivity contribution in [2.75, 3.05) is 31.1 Å². The van der Waals surface area contributed by atoms with E-state index in [-0.39, 0.29) is 0 Å². The Labute approximate surface area is 154 Å². The lowest BCUT2D eigenvalue weighted by atomic mass is 10.0. The molecule has 3 nitrogen and oxygen atoms in total. The highest BCUT2D eigenvalue weighted by Gasteiger charge is 2.33. The van der Waals surface area contributed by atoms with Crippen LogP contribution in [0.3, 0.4) is 0 Å². The van der Waals surface area contributed by atoms with Gasteiger partial charge in [-0.25, -0.2) is 0 Å². The molecular weight excluding hydrogens is 328 g/mol. The molecule has 2 aliphatic heterocycles. The lowest BCUT2D eigenvalue weighted by Gasteiger charge is -2.43. The lowest BCUT2D eigenvalue weighted by molar-refractivity contribution is -0.117. The van der Waals surface area contributed by atoms with Gasteiger partial charge in [-0.3, -0.25) is 4.90 Å². The van der Waals surface area contributed by atoms with Crippen molar-refractivity contribution < 1.29 is 4.79 Å². The van der Waals surface area contributed by atoms with Crippen LogP contribution in [-0.2, 0) is 4.79 Å². The number of ketones is 1. The summed E-state index contributed by atoms with van der Waals surface area (Å²) in [7, 11) is 0. The Bertz CT molecular complexity index is 776. The lowest BCUT2D eigenvalue weighted by Crippen LogP contribution is -2.48. The van der Waals surface area contributed by atoms with E-state index in [9.17, 15) is 4.79 Å². The molecule has 0 bridgehead atoms. The summed E-state index contributed by atoms with van der Waals surface area (Å²) in [5.74, 6) is 0.295. The average molecular weight is 353 g/mol. The predicted octanol–water partition coefficient (Wildman–Crippen LogP) is 4.38. The van der Waals surface area contributed by atoms with Crippen LogP contribution in [0.4, 0.5) is 5.69 Å². The number of nitrogens with zero attached hydrogens (tertiary/aromatic N) is 2. The zero-order chi connectivity index (χ0) is 17.2. The Hall–Kier alpha value is -1.78. The van der Waals surface area contributed by atoms with E-state index in [1.54, 1.807) is 6.92 Å². The van der Waals surface area contributed by atoms with Gasteiger partial charge < -0.3 is 9.69 Å². The number of fused-ring (bicyclic) bond motifs is 5. The van der Waals surface area contributed by atoms with E-state index in [1.165, 1.54) is 21.0 Å². The van der Waals surface area contributed by atoms with Gasteiger partial charge in [-0.2, -0.15) is 0 Å². The molecule has 2 aromatic carbocycles. The molecule has 0 N–H and O–H groups in total. The zero-order valence-corrected chi connectivity index (χ0v) is 15.5. The molecule has 4 heteroatoms. The second kappa shape index (κ2) is 7.22. The van der Waals surface area contributed by atoms with Crippen molar-refractivity contribution in [2.45, 2.75) is 35.6 Å². The summed E-state index contributed by atoms with van der Waals surface area (Å²) in [6.45, 7) is 5.84. The maximum Gasteiger partial charge on any atom is 0.129 e. The van der Waals surface area contributed by atoms with Crippen LogP contribution in [0.25, 0.3) is 0 Å². The van der Waals surface area contributed by atoms with Gasteiger partial charge in [0, 0.05) is 35.8 Å². The van der Waals surface area contributed by atoms with E-state index in [1.807, 2.05) is 11.8 Å². The summed E-state index contributed by atoms with van der Waals surface area (Å²) in [5.41, 5.74) is 2.79. The summed E-state index contributed by atoms with van der Waals surface area (Å²) in [6, 6.07) is 18.0. The summed E-state index contributed by atoms with van der Waals surface area (Å²) >= 11 is 1.89. The number of para-hydroxylation sites is 1. The molecular formula is C21H24N2OS. The first kappa shape index (κ1) is 16.7. The second-order valence-electron chi connectivity index (χ2n) is 6.92. The highest BCUT2D eigenvalue weighted by atomic mass is 32.2. The van der Waals surface area contributed by atoms with Crippen molar-refractivity contribution in [2.24, 2.45) is 0 Å². The van der Waals surface area contributed by atoms with Crippen molar-refractivity contribution >= 4 is 23.2 Å². The van der Waals surface area contributed by atoms with Crippen LogP contribution < -0.4 is 4.90 Å². The smallest absolute Gasteiger partial charge is 0.129 e. The fourth-order valence-electron chi connectivity index (χ4n) is 3.90. The molecule has 0 spiro atoms. The van der Waals surface area contributed by atoms with Crippen molar-refractivity contribution in [3.63, 3.8) is 0 Å². The zero-order valence-electron chi connectivity index (χ0n) is 14.6. The Morgan fingerprint density at radius 2 is 1.84 bits per heavy atom. The van der Waals surface area contributed by atoms with Crippen molar-refractivity contribution in [3.8, 4) is 0 Å². The number of hydrogen-bond donors (Lipinski definition) is 0. The van der Waals surface area contributed by atoms with Crippen LogP contribution in [0.2, 0.25) is 0 Å². The van der Waals surface area contributed by atoms with Crippen LogP contribution in [0, 0.1) is 0 Å². The van der Waals surface area contributed by atoms with Gasteiger partial charge in [-0.1, -0.05) is 42.1 Å². The molecule has 1 atom stereocenters. The number of rotatable bonds is 4. The average Bonchev–Trinajstić information content (AvgIpc) is 2.76. The SMILES string of the molecule is CC(=O)CCCN1CCN2c3ccccc3Sc3ccccc3C2C1. The Kier molecular flexibility index (Phi) is 4.82. The monoisotopic (exact) mass is 352 g/mol. The maximum absolute atomic E-state index is 11.2. The first-order valence-corrected chi connectivity index (χ1v) is 9.88. The van der Waals surface area contributed by atoms with Gasteiger partial charge in [0.05, 0.1) is 11.7 Å². The molecule has 130 valence electrons. The highest BCUT2D eigenvalue weighted by Crippen LogP contribution is 2.46. The molecule has 25 heavy (non-hydrogen) atoms. The van der Waals surface area contributed by atoms with Gasteiger partial charge in [0.1, 0.15) is 5.78 Å². The molecule has 2 aromatic rings. The minimum Gasteiger partial charge on any atom is -0.361 e. The van der Waals surface area contributed by atoms with E-state index < -0.39 is 0 Å². The van der Waals surface area contributed by atoms with Crippen LogP contribution in [0.5, 0.6) is 0 Å². The third-order valence-electron chi connectivity index (χ3n) is 5.14. The molecule has 0 aliphatic carbocycles. The van der Waals surface area contributed by atoms with Gasteiger partial charge in [0.25, 0.3) is 0 Å². The molecule has 0 amide bonds.